The number of amides is 1. The summed E-state index contributed by atoms with van der Waals surface area (Å²) in [6, 6.07) is 11.9. The van der Waals surface area contributed by atoms with Gasteiger partial charge in [-0.3, -0.25) is 9.48 Å². The molecule has 6 heteroatoms. The zero-order valence-electron chi connectivity index (χ0n) is 15.8. The second-order valence-electron chi connectivity index (χ2n) is 6.87. The van der Waals surface area contributed by atoms with Crippen molar-refractivity contribution >= 4 is 11.6 Å². The third-order valence-electron chi connectivity index (χ3n) is 5.09. The molecule has 4 rings (SSSR count). The van der Waals surface area contributed by atoms with E-state index in [-0.39, 0.29) is 5.91 Å². The quantitative estimate of drug-likeness (QED) is 0.713. The van der Waals surface area contributed by atoms with E-state index in [1.165, 1.54) is 5.56 Å². The predicted octanol–water partition coefficient (Wildman–Crippen LogP) is 3.20. The molecule has 1 aromatic carbocycles. The topological polar surface area (TPSA) is 54.5 Å². The van der Waals surface area contributed by atoms with Crippen molar-refractivity contribution in [1.29, 1.82) is 0 Å². The number of aryl methyl sites for hydroxylation is 2. The Labute approximate surface area is 159 Å². The van der Waals surface area contributed by atoms with Gasteiger partial charge in [-0.15, -0.1) is 0 Å². The molecule has 1 aliphatic rings. The minimum absolute atomic E-state index is 0.0442. The molecule has 1 amide bonds. The first-order chi connectivity index (χ1) is 13.1. The molecule has 27 heavy (non-hydrogen) atoms. The number of rotatable bonds is 4. The third-order valence-corrected chi connectivity index (χ3v) is 5.09. The molecule has 0 spiro atoms. The molecule has 0 unspecified atom stereocenters. The Kier molecular flexibility index (Phi) is 4.71. The standard InChI is InChI=1S/C21H24N4O2/c1-3-16-4-6-17(7-5-16)19-8-9-20(27-19)21(26)25-12-10-24(11-13-25)18-14-22-23(2)15-18/h4-9,14-15H,3,10-13H2,1-2H3. The van der Waals surface area contributed by atoms with Crippen LogP contribution >= 0.6 is 0 Å². The second kappa shape index (κ2) is 7.31. The minimum atomic E-state index is -0.0442. The van der Waals surface area contributed by atoms with Crippen LogP contribution in [-0.4, -0.2) is 46.8 Å². The smallest absolute Gasteiger partial charge is 0.289 e. The lowest BCUT2D eigenvalue weighted by Gasteiger charge is -2.34. The number of anilines is 1. The maximum Gasteiger partial charge on any atom is 0.289 e. The van der Waals surface area contributed by atoms with Crippen molar-refractivity contribution in [3.05, 3.63) is 60.1 Å². The molecule has 6 nitrogen and oxygen atoms in total. The van der Waals surface area contributed by atoms with E-state index in [1.54, 1.807) is 10.7 Å². The lowest BCUT2D eigenvalue weighted by molar-refractivity contribution is 0.0715. The lowest BCUT2D eigenvalue weighted by Crippen LogP contribution is -2.48. The summed E-state index contributed by atoms with van der Waals surface area (Å²) < 4.78 is 7.65. The van der Waals surface area contributed by atoms with E-state index >= 15 is 0 Å². The Bertz CT molecular complexity index is 918. The molecule has 1 fully saturated rings. The Morgan fingerprint density at radius 1 is 1.07 bits per heavy atom. The van der Waals surface area contributed by atoms with Gasteiger partial charge in [0.1, 0.15) is 5.76 Å². The summed E-state index contributed by atoms with van der Waals surface area (Å²) in [5.74, 6) is 1.09. The number of piperazine rings is 1. The SMILES string of the molecule is CCc1ccc(-c2ccc(C(=O)N3CCN(c4cnn(C)c4)CC3)o2)cc1. The summed E-state index contributed by atoms with van der Waals surface area (Å²) in [6.07, 6.45) is 4.87. The van der Waals surface area contributed by atoms with Gasteiger partial charge >= 0.3 is 0 Å². The molecule has 3 heterocycles. The molecule has 1 saturated heterocycles. The van der Waals surface area contributed by atoms with Gasteiger partial charge in [-0.1, -0.05) is 31.2 Å². The monoisotopic (exact) mass is 364 g/mol. The van der Waals surface area contributed by atoms with Crippen LogP contribution in [0.15, 0.2) is 53.2 Å². The molecular weight excluding hydrogens is 340 g/mol. The van der Waals surface area contributed by atoms with E-state index in [1.807, 2.05) is 42.5 Å². The second-order valence-corrected chi connectivity index (χ2v) is 6.87. The molecule has 0 atom stereocenters. The maximum atomic E-state index is 12.8. The first-order valence-electron chi connectivity index (χ1n) is 9.36. The normalized spacial score (nSPS) is 14.6. The van der Waals surface area contributed by atoms with Crippen molar-refractivity contribution in [2.45, 2.75) is 13.3 Å². The van der Waals surface area contributed by atoms with Crippen molar-refractivity contribution < 1.29 is 9.21 Å². The Balaban J connectivity index is 1.41. The van der Waals surface area contributed by atoms with Gasteiger partial charge in [-0.05, 0) is 24.1 Å². The number of hydrogen-bond donors (Lipinski definition) is 0. The molecule has 3 aromatic rings. The van der Waals surface area contributed by atoms with Crippen LogP contribution in [0.1, 0.15) is 23.0 Å². The largest absolute Gasteiger partial charge is 0.451 e. The highest BCUT2D eigenvalue weighted by molar-refractivity contribution is 5.92. The summed E-state index contributed by atoms with van der Waals surface area (Å²) in [5.41, 5.74) is 3.38. The van der Waals surface area contributed by atoms with Crippen LogP contribution in [0.5, 0.6) is 0 Å². The number of hydrogen-bond acceptors (Lipinski definition) is 4. The van der Waals surface area contributed by atoms with E-state index in [2.05, 4.69) is 29.1 Å². The van der Waals surface area contributed by atoms with Gasteiger partial charge in [0, 0.05) is 45.0 Å². The Hall–Kier alpha value is -3.02. The minimum Gasteiger partial charge on any atom is -0.451 e. The van der Waals surface area contributed by atoms with Gasteiger partial charge < -0.3 is 14.2 Å². The van der Waals surface area contributed by atoms with Crippen molar-refractivity contribution in [3.8, 4) is 11.3 Å². The molecule has 0 saturated carbocycles. The Morgan fingerprint density at radius 3 is 2.44 bits per heavy atom. The van der Waals surface area contributed by atoms with E-state index in [0.717, 1.165) is 36.5 Å². The molecule has 0 radical (unpaired) electrons. The molecular formula is C21H24N4O2. The summed E-state index contributed by atoms with van der Waals surface area (Å²) in [5, 5.41) is 4.22. The fourth-order valence-corrected chi connectivity index (χ4v) is 3.41. The van der Waals surface area contributed by atoms with Crippen molar-refractivity contribution in [2.24, 2.45) is 7.05 Å². The molecule has 2 aromatic heterocycles. The Morgan fingerprint density at radius 2 is 1.81 bits per heavy atom. The van der Waals surface area contributed by atoms with E-state index in [0.29, 0.717) is 18.8 Å². The van der Waals surface area contributed by atoms with Crippen molar-refractivity contribution in [3.63, 3.8) is 0 Å². The fraction of sp³-hybridized carbons (Fsp3) is 0.333. The van der Waals surface area contributed by atoms with Crippen LogP contribution < -0.4 is 4.90 Å². The third kappa shape index (κ3) is 3.60. The van der Waals surface area contributed by atoms with E-state index < -0.39 is 0 Å². The molecule has 0 bridgehead atoms. The zero-order valence-corrected chi connectivity index (χ0v) is 15.8. The molecule has 0 N–H and O–H groups in total. The highest BCUT2D eigenvalue weighted by Crippen LogP contribution is 2.24. The van der Waals surface area contributed by atoms with Gasteiger partial charge in [-0.25, -0.2) is 0 Å². The summed E-state index contributed by atoms with van der Waals surface area (Å²) in [7, 11) is 1.91. The zero-order chi connectivity index (χ0) is 18.8. The predicted molar refractivity (Wildman–Crippen MR) is 105 cm³/mol. The van der Waals surface area contributed by atoms with Crippen LogP contribution in [0.4, 0.5) is 5.69 Å². The number of aromatic nitrogens is 2. The van der Waals surface area contributed by atoms with E-state index in [9.17, 15) is 4.79 Å². The number of carbonyl (C=O) groups excluding carboxylic acids is 1. The maximum absolute atomic E-state index is 12.8. The number of furan rings is 1. The van der Waals surface area contributed by atoms with Crippen molar-refractivity contribution in [2.75, 3.05) is 31.1 Å². The fourth-order valence-electron chi connectivity index (χ4n) is 3.41. The number of benzene rings is 1. The van der Waals surface area contributed by atoms with Gasteiger partial charge in [0.25, 0.3) is 5.91 Å². The van der Waals surface area contributed by atoms with Crippen molar-refractivity contribution in [1.82, 2.24) is 14.7 Å². The van der Waals surface area contributed by atoms with Crippen LogP contribution in [-0.2, 0) is 13.5 Å². The molecule has 140 valence electrons. The van der Waals surface area contributed by atoms with Gasteiger partial charge in [-0.2, -0.15) is 5.10 Å². The van der Waals surface area contributed by atoms with Crippen LogP contribution in [0.25, 0.3) is 11.3 Å². The van der Waals surface area contributed by atoms with Crippen LogP contribution in [0, 0.1) is 0 Å². The number of carbonyl (C=O) groups is 1. The van der Waals surface area contributed by atoms with Crippen LogP contribution in [0.3, 0.4) is 0 Å². The average molecular weight is 364 g/mol. The average Bonchev–Trinajstić information content (AvgIpc) is 3.37. The first kappa shape index (κ1) is 17.4. The molecule has 1 aliphatic heterocycles. The highest BCUT2D eigenvalue weighted by atomic mass is 16.4. The van der Waals surface area contributed by atoms with Crippen LogP contribution in [0.2, 0.25) is 0 Å². The highest BCUT2D eigenvalue weighted by Gasteiger charge is 2.25. The summed E-state index contributed by atoms with van der Waals surface area (Å²) in [4.78, 5) is 16.9. The van der Waals surface area contributed by atoms with E-state index in [4.69, 9.17) is 4.42 Å². The number of nitrogens with zero attached hydrogens (tertiary/aromatic N) is 4. The van der Waals surface area contributed by atoms with Gasteiger partial charge in [0.15, 0.2) is 5.76 Å². The summed E-state index contributed by atoms with van der Waals surface area (Å²) in [6.45, 7) is 5.07. The van der Waals surface area contributed by atoms with Gasteiger partial charge in [0.2, 0.25) is 0 Å². The molecule has 0 aliphatic carbocycles. The summed E-state index contributed by atoms with van der Waals surface area (Å²) >= 11 is 0. The van der Waals surface area contributed by atoms with Gasteiger partial charge in [0.05, 0.1) is 11.9 Å². The lowest BCUT2D eigenvalue weighted by atomic mass is 10.1. The first-order valence-corrected chi connectivity index (χ1v) is 9.36.